The number of imidazole rings is 1. The summed E-state index contributed by atoms with van der Waals surface area (Å²) in [5.41, 5.74) is 4.36. The number of hydrogen-bond acceptors (Lipinski definition) is 7. The standard InChI is InChI=1S/C31H29BrClN5O3/c1-2-41-30(40)23(36-26-25(32)27(39)31(26)14-4-3-5-15-31)17-19-8-11-21(12-9-19)38-28(20-10-13-24(33)35-18-20)37-22-7-6-16-34-29(22)38/h6-13,16,18,23,25H,2-5,14-15,17H2,1H3/t23-,25?/m0/s1. The maximum atomic E-state index is 13.0. The Labute approximate surface area is 251 Å². The number of rotatable bonds is 7. The molecule has 1 aromatic carbocycles. The summed E-state index contributed by atoms with van der Waals surface area (Å²) in [5.74, 6) is 0.509. The van der Waals surface area contributed by atoms with Gasteiger partial charge in [-0.05, 0) is 61.7 Å². The van der Waals surface area contributed by atoms with Crippen molar-refractivity contribution in [3.63, 3.8) is 0 Å². The van der Waals surface area contributed by atoms with Gasteiger partial charge in [0, 0.05) is 35.8 Å². The van der Waals surface area contributed by atoms with Crippen molar-refractivity contribution in [2.45, 2.75) is 56.3 Å². The molecule has 1 spiro atoms. The molecule has 3 heterocycles. The van der Waals surface area contributed by atoms with Crippen LogP contribution in [-0.4, -0.2) is 54.5 Å². The van der Waals surface area contributed by atoms with E-state index < -0.39 is 16.3 Å². The number of ether oxygens (including phenoxy) is 1. The maximum absolute atomic E-state index is 13.0. The van der Waals surface area contributed by atoms with Crippen molar-refractivity contribution in [3.8, 4) is 17.1 Å². The lowest BCUT2D eigenvalue weighted by atomic mass is 9.58. The van der Waals surface area contributed by atoms with Gasteiger partial charge >= 0.3 is 5.97 Å². The number of ketones is 1. The van der Waals surface area contributed by atoms with Crippen molar-refractivity contribution >= 4 is 56.2 Å². The van der Waals surface area contributed by atoms with Crippen LogP contribution in [0, 0.1) is 5.41 Å². The molecule has 2 aliphatic rings. The molecule has 0 saturated heterocycles. The van der Waals surface area contributed by atoms with E-state index in [1.807, 2.05) is 47.0 Å². The number of carbonyl (C=O) groups excluding carboxylic acids is 2. The zero-order valence-corrected chi connectivity index (χ0v) is 24.9. The fourth-order valence-electron chi connectivity index (χ4n) is 5.96. The highest BCUT2D eigenvalue weighted by Gasteiger charge is 2.58. The SMILES string of the molecule is CCOC(=O)[C@H](Cc1ccc(-n2c(-c3ccc(Cl)nc3)nc3cccnc32)cc1)N=C1C(Br)C(=O)C12CCCCC2. The maximum Gasteiger partial charge on any atom is 0.331 e. The first-order valence-corrected chi connectivity index (χ1v) is 15.2. The molecular formula is C31H29BrClN5O3. The van der Waals surface area contributed by atoms with Gasteiger partial charge in [0.05, 0.1) is 12.0 Å². The minimum absolute atomic E-state index is 0.191. The minimum Gasteiger partial charge on any atom is -0.464 e. The number of hydrogen-bond donors (Lipinski definition) is 0. The Kier molecular flexibility index (Phi) is 7.74. The van der Waals surface area contributed by atoms with Crippen molar-refractivity contribution in [1.82, 2.24) is 19.5 Å². The third-order valence-corrected chi connectivity index (χ3v) is 9.09. The number of nitrogens with zero attached hydrogens (tertiary/aromatic N) is 5. The van der Waals surface area contributed by atoms with Gasteiger partial charge in [-0.15, -0.1) is 0 Å². The van der Waals surface area contributed by atoms with Crippen LogP contribution in [0.1, 0.15) is 44.6 Å². The van der Waals surface area contributed by atoms with Gasteiger partial charge in [0.25, 0.3) is 0 Å². The molecule has 0 N–H and O–H groups in total. The van der Waals surface area contributed by atoms with Crippen LogP contribution in [-0.2, 0) is 20.7 Å². The van der Waals surface area contributed by atoms with Crippen molar-refractivity contribution in [2.24, 2.45) is 10.4 Å². The number of esters is 1. The zero-order chi connectivity index (χ0) is 28.6. The van der Waals surface area contributed by atoms with E-state index in [2.05, 4.69) is 25.9 Å². The van der Waals surface area contributed by atoms with E-state index in [4.69, 9.17) is 26.3 Å². The molecule has 0 radical (unpaired) electrons. The average Bonchev–Trinajstić information content (AvgIpc) is 3.39. The summed E-state index contributed by atoms with van der Waals surface area (Å²) < 4.78 is 7.39. The van der Waals surface area contributed by atoms with Gasteiger partial charge in [-0.2, -0.15) is 0 Å². The summed E-state index contributed by atoms with van der Waals surface area (Å²) in [6, 6.07) is 14.6. The number of aromatic nitrogens is 4. The summed E-state index contributed by atoms with van der Waals surface area (Å²) in [5, 5.41) is 0.408. The van der Waals surface area contributed by atoms with Crippen LogP contribution in [0.2, 0.25) is 5.15 Å². The lowest BCUT2D eigenvalue weighted by molar-refractivity contribution is -0.144. The van der Waals surface area contributed by atoms with E-state index in [9.17, 15) is 9.59 Å². The molecule has 41 heavy (non-hydrogen) atoms. The summed E-state index contributed by atoms with van der Waals surface area (Å²) in [7, 11) is 0. The van der Waals surface area contributed by atoms with Gasteiger partial charge in [-0.3, -0.25) is 14.4 Å². The van der Waals surface area contributed by atoms with Crippen LogP contribution < -0.4 is 0 Å². The Morgan fingerprint density at radius 3 is 2.63 bits per heavy atom. The van der Waals surface area contributed by atoms with E-state index >= 15 is 0 Å². The van der Waals surface area contributed by atoms with Gasteiger partial charge in [0.1, 0.15) is 21.3 Å². The second-order valence-corrected chi connectivity index (χ2v) is 11.8. The van der Waals surface area contributed by atoms with Gasteiger partial charge in [0.2, 0.25) is 0 Å². The van der Waals surface area contributed by atoms with Crippen molar-refractivity contribution in [2.75, 3.05) is 6.61 Å². The number of Topliss-reactive ketones (excluding diaryl/α,β-unsaturated/α-hetero) is 1. The average molecular weight is 635 g/mol. The van der Waals surface area contributed by atoms with Gasteiger partial charge in [0.15, 0.2) is 17.5 Å². The first kappa shape index (κ1) is 27.7. The highest BCUT2D eigenvalue weighted by molar-refractivity contribution is 9.10. The fourth-order valence-corrected chi connectivity index (χ4v) is 7.06. The summed E-state index contributed by atoms with van der Waals surface area (Å²) in [6.07, 6.45) is 8.53. The van der Waals surface area contributed by atoms with Crippen LogP contribution in [0.3, 0.4) is 0 Å². The van der Waals surface area contributed by atoms with Crippen molar-refractivity contribution < 1.29 is 14.3 Å². The quantitative estimate of drug-likeness (QED) is 0.134. The van der Waals surface area contributed by atoms with E-state index in [0.717, 1.165) is 65.8 Å². The molecule has 3 aromatic heterocycles. The number of benzene rings is 1. The molecule has 2 aliphatic carbocycles. The van der Waals surface area contributed by atoms with Crippen LogP contribution in [0.15, 0.2) is 65.9 Å². The molecule has 0 aliphatic heterocycles. The second kappa shape index (κ2) is 11.4. The number of halogens is 2. The summed E-state index contributed by atoms with van der Waals surface area (Å²) in [6.45, 7) is 2.06. The smallest absolute Gasteiger partial charge is 0.331 e. The minimum atomic E-state index is -0.728. The van der Waals surface area contributed by atoms with Gasteiger partial charge in [-0.25, -0.2) is 19.7 Å². The molecule has 2 fully saturated rings. The van der Waals surface area contributed by atoms with Crippen LogP contribution >= 0.6 is 27.5 Å². The Balaban J connectivity index is 1.33. The van der Waals surface area contributed by atoms with Gasteiger partial charge < -0.3 is 4.74 Å². The van der Waals surface area contributed by atoms with Crippen molar-refractivity contribution in [1.29, 1.82) is 0 Å². The fraction of sp³-hybridized carbons (Fsp3) is 0.355. The van der Waals surface area contributed by atoms with E-state index in [1.54, 1.807) is 25.4 Å². The van der Waals surface area contributed by atoms with Crippen LogP contribution in [0.5, 0.6) is 0 Å². The molecule has 0 bridgehead atoms. The van der Waals surface area contributed by atoms with E-state index in [-0.39, 0.29) is 18.4 Å². The topological polar surface area (TPSA) is 99.3 Å². The molecule has 4 aromatic rings. The molecule has 2 saturated carbocycles. The second-order valence-electron chi connectivity index (χ2n) is 10.5. The number of carbonyl (C=O) groups is 2. The Hall–Kier alpha value is -3.43. The first-order chi connectivity index (χ1) is 19.9. The molecule has 210 valence electrons. The largest absolute Gasteiger partial charge is 0.464 e. The normalized spacial score (nSPS) is 19.8. The predicted octanol–water partition coefficient (Wildman–Crippen LogP) is 6.35. The zero-order valence-electron chi connectivity index (χ0n) is 22.6. The van der Waals surface area contributed by atoms with E-state index in [1.165, 1.54) is 0 Å². The Bertz CT molecular complexity index is 1630. The third-order valence-electron chi connectivity index (χ3n) is 8.02. The monoisotopic (exact) mass is 633 g/mol. The predicted molar refractivity (Wildman–Crippen MR) is 162 cm³/mol. The third kappa shape index (κ3) is 5.10. The Morgan fingerprint density at radius 1 is 1.15 bits per heavy atom. The number of pyridine rings is 2. The molecular weight excluding hydrogens is 606 g/mol. The number of alkyl halides is 1. The highest BCUT2D eigenvalue weighted by Crippen LogP contribution is 2.49. The number of fused-ring (bicyclic) bond motifs is 1. The lowest BCUT2D eigenvalue weighted by Crippen LogP contribution is -2.61. The molecule has 0 amide bonds. The molecule has 10 heteroatoms. The van der Waals surface area contributed by atoms with E-state index in [0.29, 0.717) is 17.4 Å². The summed E-state index contributed by atoms with van der Waals surface area (Å²) in [4.78, 5) is 44.1. The summed E-state index contributed by atoms with van der Waals surface area (Å²) >= 11 is 9.55. The molecule has 1 unspecified atom stereocenters. The molecule has 6 rings (SSSR count). The first-order valence-electron chi connectivity index (χ1n) is 13.9. The molecule has 2 atom stereocenters. The number of aliphatic imine (C=N–C) groups is 1. The van der Waals surface area contributed by atoms with Crippen LogP contribution in [0.25, 0.3) is 28.2 Å². The van der Waals surface area contributed by atoms with Gasteiger partial charge in [-0.1, -0.05) is 58.9 Å². The van der Waals surface area contributed by atoms with Crippen molar-refractivity contribution in [3.05, 3.63) is 71.6 Å². The van der Waals surface area contributed by atoms with Crippen LogP contribution in [0.4, 0.5) is 0 Å². The highest BCUT2D eigenvalue weighted by atomic mass is 79.9. The molecule has 8 nitrogen and oxygen atoms in total. The lowest BCUT2D eigenvalue weighted by Gasteiger charge is -2.47. The Morgan fingerprint density at radius 2 is 1.93 bits per heavy atom.